The Labute approximate surface area is 121 Å². The monoisotopic (exact) mass is 315 g/mol. The molecule has 8 heteroatoms. The molecule has 0 aliphatic carbocycles. The Morgan fingerprint density at radius 1 is 1.48 bits per heavy atom. The van der Waals surface area contributed by atoms with E-state index in [-0.39, 0.29) is 18.7 Å². The van der Waals surface area contributed by atoms with Crippen molar-refractivity contribution >= 4 is 27.8 Å². The van der Waals surface area contributed by atoms with Crippen molar-refractivity contribution in [2.45, 2.75) is 18.6 Å². The largest absolute Gasteiger partial charge is 0.462 e. The molecule has 1 fully saturated rings. The molecule has 6 nitrogen and oxygen atoms in total. The van der Waals surface area contributed by atoms with Gasteiger partial charge >= 0.3 is 16.2 Å². The van der Waals surface area contributed by atoms with Crippen LogP contribution in [-0.4, -0.2) is 38.7 Å². The molecule has 1 aliphatic heterocycles. The number of carbonyl (C=O) groups is 2. The lowest BCUT2D eigenvalue weighted by Crippen LogP contribution is -2.27. The van der Waals surface area contributed by atoms with Crippen molar-refractivity contribution in [1.29, 1.82) is 0 Å². The maximum absolute atomic E-state index is 13.0. The van der Waals surface area contributed by atoms with Crippen molar-refractivity contribution in [1.82, 2.24) is 0 Å². The second-order valence-electron chi connectivity index (χ2n) is 4.58. The van der Waals surface area contributed by atoms with Gasteiger partial charge in [0.1, 0.15) is 5.25 Å². The van der Waals surface area contributed by atoms with E-state index in [1.807, 2.05) is 0 Å². The molecule has 2 rings (SSSR count). The average Bonchev–Trinajstić information content (AvgIpc) is 2.81. The Bertz CT molecular complexity index is 673. The third kappa shape index (κ3) is 3.38. The molecule has 21 heavy (non-hydrogen) atoms. The summed E-state index contributed by atoms with van der Waals surface area (Å²) in [4.78, 5) is 24.6. The number of hydrogen-bond donors (Lipinski definition) is 0. The van der Waals surface area contributed by atoms with E-state index in [2.05, 4.69) is 0 Å². The summed E-state index contributed by atoms with van der Waals surface area (Å²) < 4.78 is 39.6. The number of amides is 1. The van der Waals surface area contributed by atoms with Crippen LogP contribution in [0.1, 0.15) is 23.7 Å². The van der Waals surface area contributed by atoms with Gasteiger partial charge in [-0.2, -0.15) is 8.42 Å². The number of rotatable bonds is 4. The average molecular weight is 315 g/mol. The predicted molar refractivity (Wildman–Crippen MR) is 73.2 cm³/mol. The van der Waals surface area contributed by atoms with Gasteiger partial charge in [-0.05, 0) is 25.1 Å². The first-order valence-electron chi connectivity index (χ1n) is 6.34. The van der Waals surface area contributed by atoms with Crippen LogP contribution < -0.4 is 4.90 Å². The zero-order valence-corrected chi connectivity index (χ0v) is 12.1. The highest BCUT2D eigenvalue weighted by Crippen LogP contribution is 2.26. The molecule has 0 bridgehead atoms. The van der Waals surface area contributed by atoms with Crippen LogP contribution in [0.4, 0.5) is 9.57 Å². The van der Waals surface area contributed by atoms with E-state index in [4.69, 9.17) is 4.74 Å². The molecule has 1 aromatic carbocycles. The maximum atomic E-state index is 13.0. The van der Waals surface area contributed by atoms with Gasteiger partial charge in [0, 0.05) is 18.7 Å². The molecule has 0 N–H and O–H groups in total. The molecule has 1 aliphatic rings. The van der Waals surface area contributed by atoms with Gasteiger partial charge in [0.2, 0.25) is 5.91 Å². The summed E-state index contributed by atoms with van der Waals surface area (Å²) in [5.74, 6) is -1.04. The molecule has 0 saturated carbocycles. The molecule has 1 heterocycles. The summed E-state index contributed by atoms with van der Waals surface area (Å²) in [5, 5.41) is -1.36. The van der Waals surface area contributed by atoms with Gasteiger partial charge in [0.05, 0.1) is 12.2 Å². The van der Waals surface area contributed by atoms with Gasteiger partial charge in [0.15, 0.2) is 0 Å². The molecule has 0 radical (unpaired) electrons. The third-order valence-corrected chi connectivity index (χ3v) is 4.27. The van der Waals surface area contributed by atoms with Crippen molar-refractivity contribution in [3.05, 3.63) is 29.8 Å². The van der Waals surface area contributed by atoms with Crippen molar-refractivity contribution in [3.63, 3.8) is 0 Å². The minimum Gasteiger partial charge on any atom is -0.462 e. The fourth-order valence-electron chi connectivity index (χ4n) is 2.13. The fraction of sp³-hybridized carbons (Fsp3) is 0.385. The Morgan fingerprint density at radius 3 is 2.76 bits per heavy atom. The van der Waals surface area contributed by atoms with Crippen LogP contribution in [0, 0.1) is 0 Å². The number of esters is 1. The maximum Gasteiger partial charge on any atom is 0.338 e. The molecule has 0 spiro atoms. The zero-order chi connectivity index (χ0) is 15.6. The highest BCUT2D eigenvalue weighted by Gasteiger charge is 2.39. The predicted octanol–water partition coefficient (Wildman–Crippen LogP) is 1.27. The van der Waals surface area contributed by atoms with Crippen LogP contribution in [0.25, 0.3) is 0 Å². The summed E-state index contributed by atoms with van der Waals surface area (Å²) in [6.07, 6.45) is -0.400. The Morgan fingerprint density at radius 2 is 2.19 bits per heavy atom. The zero-order valence-electron chi connectivity index (χ0n) is 11.3. The molecule has 1 amide bonds. The molecular weight excluding hydrogens is 301 g/mol. The van der Waals surface area contributed by atoms with Crippen LogP contribution in [0.3, 0.4) is 0 Å². The Kier molecular flexibility index (Phi) is 4.26. The minimum atomic E-state index is -4.77. The lowest BCUT2D eigenvalue weighted by Gasteiger charge is -2.16. The molecule has 0 aromatic heterocycles. The van der Waals surface area contributed by atoms with Gasteiger partial charge in [-0.15, -0.1) is 3.89 Å². The first-order chi connectivity index (χ1) is 9.82. The number of hydrogen-bond acceptors (Lipinski definition) is 5. The van der Waals surface area contributed by atoms with E-state index in [1.54, 1.807) is 19.1 Å². The lowest BCUT2D eigenvalue weighted by atomic mass is 10.2. The van der Waals surface area contributed by atoms with E-state index in [0.717, 1.165) is 4.90 Å². The fourth-order valence-corrected chi connectivity index (χ4v) is 2.80. The summed E-state index contributed by atoms with van der Waals surface area (Å²) >= 11 is 0. The van der Waals surface area contributed by atoms with Crippen molar-refractivity contribution in [2.75, 3.05) is 18.1 Å². The van der Waals surface area contributed by atoms with Crippen LogP contribution >= 0.6 is 0 Å². The topological polar surface area (TPSA) is 80.8 Å². The quantitative estimate of drug-likeness (QED) is 0.617. The summed E-state index contributed by atoms with van der Waals surface area (Å²) in [7, 11) is -4.77. The summed E-state index contributed by atoms with van der Waals surface area (Å²) in [5.41, 5.74) is 0.588. The Hall–Kier alpha value is -1.96. The molecule has 1 atom stereocenters. The van der Waals surface area contributed by atoms with E-state index < -0.39 is 33.8 Å². The van der Waals surface area contributed by atoms with Gasteiger partial charge in [-0.3, -0.25) is 4.79 Å². The molecular formula is C13H14FNO5S. The lowest BCUT2D eigenvalue weighted by molar-refractivity contribution is -0.117. The SMILES string of the molecule is CCOC(=O)c1cccc(N2CC(S(=O)(=O)F)CC2=O)c1. The Balaban J connectivity index is 2.25. The van der Waals surface area contributed by atoms with Crippen molar-refractivity contribution in [2.24, 2.45) is 0 Å². The number of halogens is 1. The number of ether oxygens (including phenoxy) is 1. The molecule has 114 valence electrons. The van der Waals surface area contributed by atoms with Crippen molar-refractivity contribution in [3.8, 4) is 0 Å². The van der Waals surface area contributed by atoms with E-state index in [1.165, 1.54) is 12.1 Å². The van der Waals surface area contributed by atoms with Crippen LogP contribution in [-0.2, 0) is 19.8 Å². The second-order valence-corrected chi connectivity index (χ2v) is 6.19. The van der Waals surface area contributed by atoms with Crippen LogP contribution in [0.5, 0.6) is 0 Å². The third-order valence-electron chi connectivity index (χ3n) is 3.16. The highest BCUT2D eigenvalue weighted by atomic mass is 32.3. The first-order valence-corrected chi connectivity index (χ1v) is 7.78. The van der Waals surface area contributed by atoms with Gasteiger partial charge in [-0.25, -0.2) is 4.79 Å². The normalized spacial score (nSPS) is 18.9. The number of benzene rings is 1. The van der Waals surface area contributed by atoms with Gasteiger partial charge in [0.25, 0.3) is 0 Å². The van der Waals surface area contributed by atoms with Crippen LogP contribution in [0.15, 0.2) is 24.3 Å². The number of carbonyl (C=O) groups excluding carboxylic acids is 2. The number of anilines is 1. The van der Waals surface area contributed by atoms with Crippen LogP contribution in [0.2, 0.25) is 0 Å². The number of nitrogens with zero attached hydrogens (tertiary/aromatic N) is 1. The van der Waals surface area contributed by atoms with Crippen molar-refractivity contribution < 1.29 is 26.6 Å². The molecule has 1 unspecified atom stereocenters. The van der Waals surface area contributed by atoms with E-state index in [0.29, 0.717) is 5.69 Å². The second kappa shape index (κ2) is 5.80. The summed E-state index contributed by atoms with van der Waals surface area (Å²) in [6.45, 7) is 1.63. The first kappa shape index (κ1) is 15.4. The summed E-state index contributed by atoms with van der Waals surface area (Å²) in [6, 6.07) is 6.04. The standard InChI is InChI=1S/C13H14FNO5S/c1-2-20-13(17)9-4-3-5-10(6-9)15-8-11(7-12(15)16)21(14,18)19/h3-6,11H,2,7-8H2,1H3. The molecule has 1 saturated heterocycles. The molecule has 1 aromatic rings. The highest BCUT2D eigenvalue weighted by molar-refractivity contribution is 7.87. The smallest absolute Gasteiger partial charge is 0.338 e. The van der Waals surface area contributed by atoms with Gasteiger partial charge < -0.3 is 9.64 Å². The van der Waals surface area contributed by atoms with E-state index in [9.17, 15) is 21.9 Å². The minimum absolute atomic E-state index is 0.216. The van der Waals surface area contributed by atoms with Gasteiger partial charge in [-0.1, -0.05) is 6.07 Å². The van der Waals surface area contributed by atoms with E-state index >= 15 is 0 Å².